The van der Waals surface area contributed by atoms with Crippen LogP contribution in [0.1, 0.15) is 62.0 Å². The van der Waals surface area contributed by atoms with Crippen LogP contribution in [0.3, 0.4) is 0 Å². The minimum Gasteiger partial charge on any atom is -0.496 e. The molecule has 286 valence electrons. The Morgan fingerprint density at radius 3 is 2.51 bits per heavy atom. The zero-order valence-corrected chi connectivity index (χ0v) is 32.7. The second-order valence-electron chi connectivity index (χ2n) is 16.0. The first-order valence-corrected chi connectivity index (χ1v) is 19.1. The number of ether oxygens (including phenoxy) is 1. The maximum atomic E-state index is 14.2. The molecule has 4 N–H and O–H groups in total. The number of halogens is 1. The van der Waals surface area contributed by atoms with E-state index in [1.807, 2.05) is 79.7 Å². The summed E-state index contributed by atoms with van der Waals surface area (Å²) in [6.45, 7) is 8.82. The van der Waals surface area contributed by atoms with Gasteiger partial charge in [-0.1, -0.05) is 62.7 Å². The first kappa shape index (κ1) is 39.0. The molecule has 0 aromatic heterocycles. The number of hydroxylamine groups is 2. The van der Waals surface area contributed by atoms with Crippen LogP contribution >= 0.6 is 11.6 Å². The highest BCUT2D eigenvalue weighted by molar-refractivity contribution is 6.30. The number of para-hydroxylation sites is 1. The van der Waals surface area contributed by atoms with Crippen molar-refractivity contribution in [3.8, 4) is 16.9 Å². The first-order valence-electron chi connectivity index (χ1n) is 18.8. The molecule has 0 unspecified atom stereocenters. The van der Waals surface area contributed by atoms with Crippen LogP contribution in [0.15, 0.2) is 60.7 Å². The zero-order valence-electron chi connectivity index (χ0n) is 31.9. The second kappa shape index (κ2) is 16.0. The van der Waals surface area contributed by atoms with E-state index < -0.39 is 24.2 Å². The average Bonchev–Trinajstić information content (AvgIpc) is 3.50. The fourth-order valence-corrected chi connectivity index (χ4v) is 9.31. The summed E-state index contributed by atoms with van der Waals surface area (Å²) in [5.41, 5.74) is 4.98. The van der Waals surface area contributed by atoms with Crippen LogP contribution in [0.25, 0.3) is 11.1 Å². The number of hydrogen-bond acceptors (Lipinski definition) is 8. The van der Waals surface area contributed by atoms with Crippen molar-refractivity contribution < 1.29 is 29.4 Å². The van der Waals surface area contributed by atoms with Crippen LogP contribution in [0.4, 0.5) is 5.69 Å². The zero-order chi connectivity index (χ0) is 38.2. The normalized spacial score (nSPS) is 26.7. The van der Waals surface area contributed by atoms with Crippen molar-refractivity contribution in [2.45, 2.75) is 77.8 Å². The van der Waals surface area contributed by atoms with E-state index in [1.165, 1.54) is 6.42 Å². The number of methoxy groups -OCH3 is 1. The van der Waals surface area contributed by atoms with Crippen LogP contribution in [-0.2, 0) is 22.6 Å². The number of fused-ring (bicyclic) bond motifs is 2. The topological polar surface area (TPSA) is 124 Å². The standard InChI is InChI=1S/C42H55ClN4O6/c1-24-34-20-30(42(34,3)4)21-35(24)45-41(51)38-37(25(2)49)36(23-48)53-47(38)22-27-11-9-13-33(39(27)52-7)28-17-29(19-32(18-28)46(5)6)40(50)44-15-14-26-10-8-12-31(43)16-26/h8-13,16-19,24-25,30,34-38,48-49H,14-15,20-23H2,1-7H3,(H,44,50)(H,45,51)/t24-,25-,30+,34-,35-,36-,37+,38-/m0/s1. The molecule has 8 atom stereocenters. The number of aliphatic hydroxyl groups is 2. The Balaban J connectivity index is 1.25. The monoisotopic (exact) mass is 746 g/mol. The molecular weight excluding hydrogens is 692 g/mol. The fraction of sp³-hybridized carbons (Fsp3) is 0.524. The minimum absolute atomic E-state index is 0.0361. The summed E-state index contributed by atoms with van der Waals surface area (Å²) in [6, 6.07) is 18.3. The average molecular weight is 747 g/mol. The van der Waals surface area contributed by atoms with Crippen molar-refractivity contribution in [1.82, 2.24) is 15.7 Å². The molecule has 0 spiro atoms. The van der Waals surface area contributed by atoms with Crippen molar-refractivity contribution in [2.75, 3.05) is 39.3 Å². The van der Waals surface area contributed by atoms with Gasteiger partial charge in [-0.05, 0) is 90.8 Å². The lowest BCUT2D eigenvalue weighted by Crippen LogP contribution is -2.62. The highest BCUT2D eigenvalue weighted by Gasteiger charge is 2.57. The molecule has 7 rings (SSSR count). The van der Waals surface area contributed by atoms with Gasteiger partial charge < -0.3 is 30.5 Å². The number of rotatable bonds is 13. The summed E-state index contributed by atoms with van der Waals surface area (Å²) in [4.78, 5) is 35.9. The summed E-state index contributed by atoms with van der Waals surface area (Å²) < 4.78 is 6.05. The van der Waals surface area contributed by atoms with Gasteiger partial charge in [-0.3, -0.25) is 14.4 Å². The van der Waals surface area contributed by atoms with Gasteiger partial charge in [0, 0.05) is 60.0 Å². The SMILES string of the molecule is COc1c(CN2O[C@@H](CO)[C@@H]([C@H](C)O)[C@H]2C(=O)N[C@H]2C[C@H]3C[C@@H]([C@@H]2C)C3(C)C)cccc1-c1cc(C(=O)NCCc2cccc(Cl)c2)cc(N(C)C)c1. The Kier molecular flexibility index (Phi) is 11.8. The summed E-state index contributed by atoms with van der Waals surface area (Å²) in [7, 11) is 5.46. The molecule has 53 heavy (non-hydrogen) atoms. The Hall–Kier alpha value is -3.67. The number of hydrogen-bond donors (Lipinski definition) is 4. The maximum absolute atomic E-state index is 14.2. The Morgan fingerprint density at radius 1 is 1.11 bits per heavy atom. The number of nitrogens with one attached hydrogen (secondary N) is 2. The Bertz CT molecular complexity index is 1800. The Morgan fingerprint density at radius 2 is 1.87 bits per heavy atom. The third-order valence-corrected chi connectivity index (χ3v) is 12.5. The molecule has 11 heteroatoms. The molecule has 1 heterocycles. The molecule has 3 aromatic rings. The van der Waals surface area contributed by atoms with Crippen molar-refractivity contribution in [3.05, 3.63) is 82.4 Å². The molecule has 3 aliphatic carbocycles. The smallest absolute Gasteiger partial charge is 0.251 e. The third kappa shape index (κ3) is 7.94. The van der Waals surface area contributed by atoms with Gasteiger partial charge in [-0.25, -0.2) is 0 Å². The van der Waals surface area contributed by atoms with Gasteiger partial charge in [0.25, 0.3) is 5.91 Å². The van der Waals surface area contributed by atoms with Crippen molar-refractivity contribution in [2.24, 2.45) is 29.1 Å². The van der Waals surface area contributed by atoms with Crippen LogP contribution in [0.5, 0.6) is 5.75 Å². The van der Waals surface area contributed by atoms with Gasteiger partial charge in [0.1, 0.15) is 17.9 Å². The fourth-order valence-electron chi connectivity index (χ4n) is 9.10. The third-order valence-electron chi connectivity index (χ3n) is 12.3. The summed E-state index contributed by atoms with van der Waals surface area (Å²) in [5, 5.41) is 29.9. The summed E-state index contributed by atoms with van der Waals surface area (Å²) in [6.07, 6.45) is 1.11. The van der Waals surface area contributed by atoms with E-state index in [-0.39, 0.29) is 36.4 Å². The molecule has 1 aliphatic heterocycles. The first-order chi connectivity index (χ1) is 25.2. The quantitative estimate of drug-likeness (QED) is 0.175. The molecule has 3 aromatic carbocycles. The van der Waals surface area contributed by atoms with Crippen molar-refractivity contribution >= 4 is 29.1 Å². The van der Waals surface area contributed by atoms with E-state index in [4.69, 9.17) is 21.2 Å². The van der Waals surface area contributed by atoms with E-state index in [0.717, 1.165) is 34.4 Å². The largest absolute Gasteiger partial charge is 0.496 e. The van der Waals surface area contributed by atoms with E-state index in [1.54, 1.807) is 19.1 Å². The number of amides is 2. The van der Waals surface area contributed by atoms with Crippen molar-refractivity contribution in [3.63, 3.8) is 0 Å². The molecule has 4 aliphatic rings. The number of nitrogens with zero attached hydrogens (tertiary/aromatic N) is 2. The molecule has 0 radical (unpaired) electrons. The molecule has 1 saturated heterocycles. The number of carbonyl (C=O) groups excluding carboxylic acids is 2. The second-order valence-corrected chi connectivity index (χ2v) is 16.5. The molecule has 3 saturated carbocycles. The van der Waals surface area contributed by atoms with E-state index >= 15 is 0 Å². The lowest BCUT2D eigenvalue weighted by molar-refractivity contribution is -0.183. The van der Waals surface area contributed by atoms with E-state index in [9.17, 15) is 19.8 Å². The Labute approximate surface area is 318 Å². The molecule has 10 nitrogen and oxygen atoms in total. The number of anilines is 1. The van der Waals surface area contributed by atoms with Crippen LogP contribution < -0.4 is 20.3 Å². The van der Waals surface area contributed by atoms with Crippen molar-refractivity contribution in [1.29, 1.82) is 0 Å². The van der Waals surface area contributed by atoms with Crippen LogP contribution in [0.2, 0.25) is 5.02 Å². The summed E-state index contributed by atoms with van der Waals surface area (Å²) >= 11 is 6.15. The van der Waals surface area contributed by atoms with Gasteiger partial charge >= 0.3 is 0 Å². The minimum atomic E-state index is -0.902. The molecule has 4 fully saturated rings. The van der Waals surface area contributed by atoms with Crippen LogP contribution in [0, 0.1) is 29.1 Å². The molecule has 2 amide bonds. The predicted octanol–water partition coefficient (Wildman–Crippen LogP) is 5.71. The number of carbonyl (C=O) groups is 2. The maximum Gasteiger partial charge on any atom is 0.251 e. The van der Waals surface area contributed by atoms with Crippen LogP contribution in [-0.4, -0.2) is 85.7 Å². The number of benzene rings is 3. The van der Waals surface area contributed by atoms with Gasteiger partial charge in [0.15, 0.2) is 0 Å². The van der Waals surface area contributed by atoms with Gasteiger partial charge in [0.2, 0.25) is 5.91 Å². The van der Waals surface area contributed by atoms with Gasteiger partial charge in [-0.15, -0.1) is 0 Å². The highest BCUT2D eigenvalue weighted by Crippen LogP contribution is 2.61. The van der Waals surface area contributed by atoms with E-state index in [2.05, 4.69) is 31.4 Å². The summed E-state index contributed by atoms with van der Waals surface area (Å²) in [5.74, 6) is 0.984. The van der Waals surface area contributed by atoms with E-state index in [0.29, 0.717) is 47.1 Å². The molecule has 2 bridgehead atoms. The lowest BCUT2D eigenvalue weighted by Gasteiger charge is -2.62. The van der Waals surface area contributed by atoms with Gasteiger partial charge in [0.05, 0.1) is 26.4 Å². The lowest BCUT2D eigenvalue weighted by atomic mass is 9.45. The molecular formula is C42H55ClN4O6. The predicted molar refractivity (Wildman–Crippen MR) is 208 cm³/mol. The highest BCUT2D eigenvalue weighted by atomic mass is 35.5. The van der Waals surface area contributed by atoms with Gasteiger partial charge in [-0.2, -0.15) is 5.06 Å². The number of aliphatic hydroxyl groups excluding tert-OH is 2.